The second kappa shape index (κ2) is 18.1. The predicted molar refractivity (Wildman–Crippen MR) is 146 cm³/mol. The molecule has 0 aliphatic heterocycles. The molecule has 0 bridgehead atoms. The molecule has 0 heterocycles. The molecule has 0 spiro atoms. The highest BCUT2D eigenvalue weighted by Gasteiger charge is 2.70. The zero-order valence-corrected chi connectivity index (χ0v) is 25.0. The molecule has 2 aromatic rings. The van der Waals surface area contributed by atoms with Crippen LogP contribution in [0.1, 0.15) is 90.9 Å². The van der Waals surface area contributed by atoms with Gasteiger partial charge in [-0.15, -0.1) is 0 Å². The minimum Gasteiger partial charge on any atom is -0.206 e. The van der Waals surface area contributed by atoms with E-state index in [0.717, 1.165) is 50.7 Å². The first-order valence-corrected chi connectivity index (χ1v) is 15.4. The van der Waals surface area contributed by atoms with E-state index in [2.05, 4.69) is 6.92 Å². The largest absolute Gasteiger partial charge is 0.375 e. The molecule has 0 amide bonds. The molecule has 0 radical (unpaired) electrons. The Balaban J connectivity index is 0.000000450. The van der Waals surface area contributed by atoms with Gasteiger partial charge in [0.25, 0.3) is 0 Å². The topological polar surface area (TPSA) is 0 Å². The Morgan fingerprint density at radius 3 is 1.51 bits per heavy atom. The van der Waals surface area contributed by atoms with Crippen LogP contribution in [0.25, 0.3) is 11.1 Å². The molecule has 0 N–H and O–H groups in total. The standard InChI is InChI=1S/C18H33F6P.C12H4F6/c1-3-5-7-9-10-11-13-15-25-18(23,24)17(21,22)16(19,20)14-12-8-6-4-2;13-6-4-2-1-3-5(6)7-8(14)10(16)12(18)11(17)9(7)15/h25H,3-15H2,1-2H3;1-4H. The van der Waals surface area contributed by atoms with E-state index in [1.54, 1.807) is 0 Å². The van der Waals surface area contributed by atoms with Gasteiger partial charge in [-0.05, 0) is 33.7 Å². The molecule has 2 aromatic carbocycles. The number of alkyl halides is 6. The van der Waals surface area contributed by atoms with Gasteiger partial charge < -0.3 is 0 Å². The molecule has 0 aliphatic rings. The number of hydrogen-bond acceptors (Lipinski definition) is 0. The van der Waals surface area contributed by atoms with E-state index in [1.165, 1.54) is 12.1 Å². The Kier molecular flexibility index (Phi) is 16.4. The third-order valence-corrected chi connectivity index (χ3v) is 8.04. The van der Waals surface area contributed by atoms with Gasteiger partial charge in [0.2, 0.25) is 5.82 Å². The van der Waals surface area contributed by atoms with Crippen LogP contribution in [0.2, 0.25) is 0 Å². The Morgan fingerprint density at radius 1 is 0.558 bits per heavy atom. The number of benzene rings is 2. The van der Waals surface area contributed by atoms with Crippen molar-refractivity contribution in [3.63, 3.8) is 0 Å². The zero-order chi connectivity index (χ0) is 32.8. The summed E-state index contributed by atoms with van der Waals surface area (Å²) in [6.07, 6.45) is 6.55. The fraction of sp³-hybridized carbons (Fsp3) is 0.600. The van der Waals surface area contributed by atoms with Crippen LogP contribution < -0.4 is 0 Å². The Morgan fingerprint density at radius 2 is 1.00 bits per heavy atom. The van der Waals surface area contributed by atoms with Crippen molar-refractivity contribution in [2.45, 2.75) is 108 Å². The molecule has 0 fully saturated rings. The number of halogens is 12. The van der Waals surface area contributed by atoms with Gasteiger partial charge in [0.15, 0.2) is 23.3 Å². The highest BCUT2D eigenvalue weighted by atomic mass is 31.1. The van der Waals surface area contributed by atoms with Crippen LogP contribution in [0.4, 0.5) is 52.7 Å². The Bertz CT molecular complexity index is 1090. The van der Waals surface area contributed by atoms with Gasteiger partial charge in [0, 0.05) is 12.0 Å². The first-order valence-electron chi connectivity index (χ1n) is 14.2. The van der Waals surface area contributed by atoms with E-state index in [0.29, 0.717) is 25.7 Å². The van der Waals surface area contributed by atoms with Gasteiger partial charge in [-0.3, -0.25) is 0 Å². The quantitative estimate of drug-likeness (QED) is 0.0523. The van der Waals surface area contributed by atoms with Gasteiger partial charge in [0.1, 0.15) is 5.82 Å². The van der Waals surface area contributed by atoms with Crippen LogP contribution >= 0.6 is 8.58 Å². The van der Waals surface area contributed by atoms with Crippen molar-refractivity contribution >= 4 is 8.58 Å². The normalized spacial score (nSPS) is 12.6. The lowest BCUT2D eigenvalue weighted by atomic mass is 10.0. The molecular weight excluding hydrogens is 619 g/mol. The van der Waals surface area contributed by atoms with E-state index in [-0.39, 0.29) is 12.6 Å². The fourth-order valence-corrected chi connectivity index (χ4v) is 5.25. The maximum absolute atomic E-state index is 13.7. The van der Waals surface area contributed by atoms with Gasteiger partial charge in [-0.1, -0.05) is 89.8 Å². The van der Waals surface area contributed by atoms with Crippen molar-refractivity contribution in [1.29, 1.82) is 0 Å². The molecule has 0 aliphatic carbocycles. The molecule has 43 heavy (non-hydrogen) atoms. The summed E-state index contributed by atoms with van der Waals surface area (Å²) in [5.74, 6) is -21.6. The SMILES string of the molecule is CCCCCCCCCPC(F)(F)C(F)(F)C(F)(F)CCCCCC.Fc1ccccc1-c1c(F)c(F)c(F)c(F)c1F. The molecule has 0 saturated heterocycles. The van der Waals surface area contributed by atoms with Crippen LogP contribution in [-0.4, -0.2) is 23.7 Å². The second-order valence-corrected chi connectivity index (χ2v) is 11.6. The van der Waals surface area contributed by atoms with E-state index in [9.17, 15) is 52.7 Å². The third kappa shape index (κ3) is 10.9. The maximum Gasteiger partial charge on any atom is 0.375 e. The zero-order valence-electron chi connectivity index (χ0n) is 24.0. The summed E-state index contributed by atoms with van der Waals surface area (Å²) in [6, 6.07) is 4.22. The summed E-state index contributed by atoms with van der Waals surface area (Å²) in [6.45, 7) is 3.94. The van der Waals surface area contributed by atoms with E-state index >= 15 is 0 Å². The minimum absolute atomic E-state index is 0.123. The third-order valence-electron chi connectivity index (χ3n) is 6.68. The van der Waals surface area contributed by atoms with E-state index in [4.69, 9.17) is 0 Å². The van der Waals surface area contributed by atoms with Gasteiger partial charge in [0.05, 0.1) is 5.56 Å². The Labute approximate surface area is 246 Å². The van der Waals surface area contributed by atoms with E-state index in [1.807, 2.05) is 6.92 Å². The highest BCUT2D eigenvalue weighted by molar-refractivity contribution is 7.39. The number of rotatable bonds is 17. The maximum atomic E-state index is 13.7. The van der Waals surface area contributed by atoms with Crippen molar-refractivity contribution in [3.05, 3.63) is 59.2 Å². The molecule has 2 rings (SSSR count). The smallest absolute Gasteiger partial charge is 0.206 e. The second-order valence-electron chi connectivity index (χ2n) is 10.1. The lowest BCUT2D eigenvalue weighted by Gasteiger charge is -2.33. The fourth-order valence-electron chi connectivity index (χ4n) is 4.10. The first-order chi connectivity index (χ1) is 20.1. The molecule has 1 unspecified atom stereocenters. The van der Waals surface area contributed by atoms with Gasteiger partial charge in [-0.2, -0.15) is 26.3 Å². The van der Waals surface area contributed by atoms with Crippen molar-refractivity contribution in [3.8, 4) is 11.1 Å². The van der Waals surface area contributed by atoms with Crippen LogP contribution in [0, 0.1) is 34.9 Å². The van der Waals surface area contributed by atoms with Crippen LogP contribution in [0.15, 0.2) is 24.3 Å². The summed E-state index contributed by atoms with van der Waals surface area (Å²) in [4.78, 5) is 0. The monoisotopic (exact) mass is 656 g/mol. The summed E-state index contributed by atoms with van der Waals surface area (Å²) in [5.41, 5.74) is -6.60. The average Bonchev–Trinajstić information content (AvgIpc) is 2.96. The van der Waals surface area contributed by atoms with Crippen molar-refractivity contribution < 1.29 is 52.7 Å². The lowest BCUT2D eigenvalue weighted by Crippen LogP contribution is -2.52. The van der Waals surface area contributed by atoms with Crippen molar-refractivity contribution in [2.24, 2.45) is 0 Å². The predicted octanol–water partition coefficient (Wildman–Crippen LogP) is 12.4. The van der Waals surface area contributed by atoms with Crippen molar-refractivity contribution in [2.75, 3.05) is 6.16 Å². The molecule has 13 heteroatoms. The van der Waals surface area contributed by atoms with Crippen molar-refractivity contribution in [1.82, 2.24) is 0 Å². The van der Waals surface area contributed by atoms with E-state index < -0.39 is 78.5 Å². The lowest BCUT2D eigenvalue weighted by molar-refractivity contribution is -0.280. The Hall–Kier alpha value is -1.97. The van der Waals surface area contributed by atoms with Gasteiger partial charge in [-0.25, -0.2) is 26.3 Å². The van der Waals surface area contributed by atoms with Crippen LogP contribution in [0.3, 0.4) is 0 Å². The summed E-state index contributed by atoms with van der Waals surface area (Å²) >= 11 is 0. The summed E-state index contributed by atoms with van der Waals surface area (Å²) in [7, 11) is -1.46. The molecular formula is C30H37F12P. The molecule has 0 nitrogen and oxygen atoms in total. The highest BCUT2D eigenvalue weighted by Crippen LogP contribution is 2.55. The summed E-state index contributed by atoms with van der Waals surface area (Å²) in [5, 5.41) is 0. The average molecular weight is 657 g/mol. The van der Waals surface area contributed by atoms with Gasteiger partial charge >= 0.3 is 17.5 Å². The van der Waals surface area contributed by atoms with Crippen LogP contribution in [0.5, 0.6) is 0 Å². The molecule has 1 atom stereocenters. The van der Waals surface area contributed by atoms with Crippen LogP contribution in [-0.2, 0) is 0 Å². The number of hydrogen-bond donors (Lipinski definition) is 0. The molecule has 0 saturated carbocycles. The first kappa shape index (κ1) is 39.1. The number of unbranched alkanes of at least 4 members (excludes halogenated alkanes) is 9. The molecule has 246 valence electrons. The summed E-state index contributed by atoms with van der Waals surface area (Å²) < 4.78 is 161. The molecule has 0 aromatic heterocycles. The minimum atomic E-state index is -5.27.